The van der Waals surface area contributed by atoms with Crippen molar-refractivity contribution in [3.8, 4) is 0 Å². The Morgan fingerprint density at radius 3 is 2.83 bits per heavy atom. The highest BCUT2D eigenvalue weighted by Gasteiger charge is 2.16. The van der Waals surface area contributed by atoms with Crippen LogP contribution >= 0.6 is 11.3 Å². The smallest absolute Gasteiger partial charge is 0.262 e. The maximum absolute atomic E-state index is 12.6. The fourth-order valence-corrected chi connectivity index (χ4v) is 4.19. The molecule has 0 atom stereocenters. The van der Waals surface area contributed by atoms with Gasteiger partial charge in [0.25, 0.3) is 5.56 Å². The van der Waals surface area contributed by atoms with Crippen LogP contribution in [0.5, 0.6) is 0 Å². The minimum Gasteiger partial charge on any atom is -0.353 e. The SMILES string of the molecule is Cc1sc2ncn(CCC(=O)NC3CCCCC3)c(=O)c2c1C. The molecule has 6 heteroatoms. The first-order valence-corrected chi connectivity index (χ1v) is 9.12. The Bertz CT molecular complexity index is 772. The van der Waals surface area contributed by atoms with Crippen LogP contribution in [0.2, 0.25) is 0 Å². The lowest BCUT2D eigenvalue weighted by molar-refractivity contribution is -0.122. The van der Waals surface area contributed by atoms with Crippen molar-refractivity contribution in [2.45, 2.75) is 65.0 Å². The van der Waals surface area contributed by atoms with Gasteiger partial charge in [-0.3, -0.25) is 14.2 Å². The van der Waals surface area contributed by atoms with Gasteiger partial charge in [0.05, 0.1) is 11.7 Å². The highest BCUT2D eigenvalue weighted by molar-refractivity contribution is 7.18. The van der Waals surface area contributed by atoms with Crippen LogP contribution in [0.15, 0.2) is 11.1 Å². The average molecular weight is 333 g/mol. The second-order valence-corrected chi connectivity index (χ2v) is 7.56. The first-order valence-electron chi connectivity index (χ1n) is 8.31. The third-order valence-corrected chi connectivity index (χ3v) is 5.82. The minimum absolute atomic E-state index is 0.0297. The van der Waals surface area contributed by atoms with Crippen LogP contribution in [0.4, 0.5) is 0 Å². The summed E-state index contributed by atoms with van der Waals surface area (Å²) in [7, 11) is 0. The van der Waals surface area contributed by atoms with Crippen molar-refractivity contribution in [2.24, 2.45) is 0 Å². The van der Waals surface area contributed by atoms with Crippen LogP contribution in [0.3, 0.4) is 0 Å². The summed E-state index contributed by atoms with van der Waals surface area (Å²) < 4.78 is 1.56. The number of carbonyl (C=O) groups excluding carboxylic acids is 1. The molecule has 2 aromatic heterocycles. The average Bonchev–Trinajstić information content (AvgIpc) is 2.83. The first-order chi connectivity index (χ1) is 11.1. The summed E-state index contributed by atoms with van der Waals surface area (Å²) in [4.78, 5) is 30.9. The van der Waals surface area contributed by atoms with Crippen molar-refractivity contribution < 1.29 is 4.79 Å². The molecule has 1 fully saturated rings. The highest BCUT2D eigenvalue weighted by Crippen LogP contribution is 2.25. The molecule has 1 saturated carbocycles. The molecule has 2 aromatic rings. The molecule has 0 radical (unpaired) electrons. The van der Waals surface area contributed by atoms with Crippen LogP contribution in [0.1, 0.15) is 49.0 Å². The van der Waals surface area contributed by atoms with Crippen molar-refractivity contribution in [1.82, 2.24) is 14.9 Å². The van der Waals surface area contributed by atoms with E-state index in [-0.39, 0.29) is 11.5 Å². The molecule has 1 amide bonds. The number of aromatic nitrogens is 2. The number of nitrogens with one attached hydrogen (secondary N) is 1. The van der Waals surface area contributed by atoms with Gasteiger partial charge >= 0.3 is 0 Å². The molecule has 3 rings (SSSR count). The molecule has 0 spiro atoms. The lowest BCUT2D eigenvalue weighted by atomic mass is 9.95. The van der Waals surface area contributed by atoms with E-state index in [9.17, 15) is 9.59 Å². The summed E-state index contributed by atoms with van der Waals surface area (Å²) in [5.74, 6) is 0.0297. The van der Waals surface area contributed by atoms with Crippen molar-refractivity contribution in [2.75, 3.05) is 0 Å². The van der Waals surface area contributed by atoms with Gasteiger partial charge < -0.3 is 5.32 Å². The van der Waals surface area contributed by atoms with Crippen molar-refractivity contribution in [3.05, 3.63) is 27.1 Å². The van der Waals surface area contributed by atoms with Gasteiger partial charge in [-0.05, 0) is 32.3 Å². The van der Waals surface area contributed by atoms with Gasteiger partial charge in [0.1, 0.15) is 4.83 Å². The fraction of sp³-hybridized carbons (Fsp3) is 0.588. The molecule has 23 heavy (non-hydrogen) atoms. The van der Waals surface area contributed by atoms with E-state index in [1.54, 1.807) is 22.2 Å². The maximum Gasteiger partial charge on any atom is 0.262 e. The molecule has 1 aliphatic carbocycles. The van der Waals surface area contributed by atoms with Crippen molar-refractivity contribution in [1.29, 1.82) is 0 Å². The summed E-state index contributed by atoms with van der Waals surface area (Å²) in [6.07, 6.45) is 7.70. The molecule has 0 unspecified atom stereocenters. The number of carbonyl (C=O) groups is 1. The molecule has 0 bridgehead atoms. The number of hydrogen-bond donors (Lipinski definition) is 1. The zero-order valence-corrected chi connectivity index (χ0v) is 14.5. The fourth-order valence-electron chi connectivity index (χ4n) is 3.20. The number of thiophene rings is 1. The Balaban J connectivity index is 1.67. The Kier molecular flexibility index (Phi) is 4.80. The predicted octanol–water partition coefficient (Wildman–Crippen LogP) is 2.91. The molecule has 5 nitrogen and oxygen atoms in total. The van der Waals surface area contributed by atoms with E-state index in [1.165, 1.54) is 19.3 Å². The summed E-state index contributed by atoms with van der Waals surface area (Å²) in [5.41, 5.74) is 0.964. The topological polar surface area (TPSA) is 64.0 Å². The third-order valence-electron chi connectivity index (χ3n) is 4.71. The van der Waals surface area contributed by atoms with Gasteiger partial charge in [0, 0.05) is 23.9 Å². The number of hydrogen-bond acceptors (Lipinski definition) is 4. The third kappa shape index (κ3) is 3.47. The Morgan fingerprint density at radius 1 is 1.35 bits per heavy atom. The Labute approximate surface area is 139 Å². The first kappa shape index (κ1) is 16.2. The van der Waals surface area contributed by atoms with E-state index >= 15 is 0 Å². The highest BCUT2D eigenvalue weighted by atomic mass is 32.1. The summed E-state index contributed by atoms with van der Waals surface area (Å²) in [6, 6.07) is 0.315. The van der Waals surface area contributed by atoms with Gasteiger partial charge in [-0.25, -0.2) is 4.98 Å². The minimum atomic E-state index is -0.0395. The summed E-state index contributed by atoms with van der Waals surface area (Å²) in [5, 5.41) is 3.79. The summed E-state index contributed by atoms with van der Waals surface area (Å²) in [6.45, 7) is 4.34. The number of nitrogens with zero attached hydrogens (tertiary/aromatic N) is 2. The van der Waals surface area contributed by atoms with Gasteiger partial charge in [-0.15, -0.1) is 11.3 Å². The molecular formula is C17H23N3O2S. The van der Waals surface area contributed by atoms with Crippen LogP contribution in [0, 0.1) is 13.8 Å². The monoisotopic (exact) mass is 333 g/mol. The number of aryl methyl sites for hydroxylation is 3. The second-order valence-electron chi connectivity index (χ2n) is 6.36. The van der Waals surface area contributed by atoms with E-state index in [1.807, 2.05) is 13.8 Å². The van der Waals surface area contributed by atoms with E-state index in [0.29, 0.717) is 24.4 Å². The zero-order valence-electron chi connectivity index (χ0n) is 13.7. The lowest BCUT2D eigenvalue weighted by Gasteiger charge is -2.22. The number of amides is 1. The van der Waals surface area contributed by atoms with Gasteiger partial charge in [-0.2, -0.15) is 0 Å². The van der Waals surface area contributed by atoms with Crippen LogP contribution < -0.4 is 10.9 Å². The van der Waals surface area contributed by atoms with Gasteiger partial charge in [-0.1, -0.05) is 19.3 Å². The number of rotatable bonds is 4. The van der Waals surface area contributed by atoms with Crippen molar-refractivity contribution in [3.63, 3.8) is 0 Å². The van der Waals surface area contributed by atoms with E-state index in [2.05, 4.69) is 10.3 Å². The normalized spacial score (nSPS) is 15.9. The lowest BCUT2D eigenvalue weighted by Crippen LogP contribution is -2.37. The standard InChI is InChI=1S/C17H23N3O2S/c1-11-12(2)23-16-15(11)17(22)20(10-18-16)9-8-14(21)19-13-6-4-3-5-7-13/h10,13H,3-9H2,1-2H3,(H,19,21). The van der Waals surface area contributed by atoms with Gasteiger partial charge in [0.15, 0.2) is 0 Å². The van der Waals surface area contributed by atoms with Crippen molar-refractivity contribution >= 4 is 27.5 Å². The number of fused-ring (bicyclic) bond motifs is 1. The van der Waals surface area contributed by atoms with Crippen LogP contribution in [-0.2, 0) is 11.3 Å². The Hall–Kier alpha value is -1.69. The molecule has 1 N–H and O–H groups in total. The molecule has 0 aliphatic heterocycles. The zero-order chi connectivity index (χ0) is 16.4. The van der Waals surface area contributed by atoms with Crippen LogP contribution in [0.25, 0.3) is 10.2 Å². The van der Waals surface area contributed by atoms with E-state index in [0.717, 1.165) is 28.1 Å². The Morgan fingerprint density at radius 2 is 2.09 bits per heavy atom. The molecule has 0 aromatic carbocycles. The van der Waals surface area contributed by atoms with Crippen LogP contribution in [-0.4, -0.2) is 21.5 Å². The predicted molar refractivity (Wildman–Crippen MR) is 93.0 cm³/mol. The van der Waals surface area contributed by atoms with E-state index < -0.39 is 0 Å². The van der Waals surface area contributed by atoms with E-state index in [4.69, 9.17) is 0 Å². The molecule has 1 aliphatic rings. The molecule has 0 saturated heterocycles. The van der Waals surface area contributed by atoms with Gasteiger partial charge in [0.2, 0.25) is 5.91 Å². The maximum atomic E-state index is 12.6. The quantitative estimate of drug-likeness (QED) is 0.935. The second kappa shape index (κ2) is 6.83. The summed E-state index contributed by atoms with van der Waals surface area (Å²) >= 11 is 1.55. The molecule has 124 valence electrons. The molecule has 2 heterocycles. The molecular weight excluding hydrogens is 310 g/mol. The largest absolute Gasteiger partial charge is 0.353 e.